The minimum atomic E-state index is -0.520. The molecule has 0 radical (unpaired) electrons. The number of phenolic OH excluding ortho intramolecular Hbond substituents is 4. The molecular weight excluding hydrogens is 244 g/mol. The Kier molecular flexibility index (Phi) is 3.02. The first-order valence-corrected chi connectivity index (χ1v) is 5.88. The second-order valence-corrected chi connectivity index (χ2v) is 4.72. The number of aromatic hydroxyl groups is 4. The topological polar surface area (TPSA) is 80.9 Å². The third-order valence-corrected chi connectivity index (χ3v) is 3.31. The van der Waals surface area contributed by atoms with Crippen molar-refractivity contribution in [3.63, 3.8) is 0 Å². The third kappa shape index (κ3) is 2.05. The summed E-state index contributed by atoms with van der Waals surface area (Å²) >= 11 is 0. The molecule has 0 spiro atoms. The van der Waals surface area contributed by atoms with Crippen molar-refractivity contribution in [2.75, 3.05) is 0 Å². The minimum absolute atomic E-state index is 0.230. The molecule has 0 saturated carbocycles. The molecule has 0 aliphatic heterocycles. The lowest BCUT2D eigenvalue weighted by Gasteiger charge is -2.13. The van der Waals surface area contributed by atoms with E-state index >= 15 is 0 Å². The van der Waals surface area contributed by atoms with E-state index in [0.717, 1.165) is 5.56 Å². The van der Waals surface area contributed by atoms with Crippen LogP contribution in [0, 0.1) is 20.8 Å². The van der Waals surface area contributed by atoms with Gasteiger partial charge in [0.05, 0.1) is 0 Å². The van der Waals surface area contributed by atoms with Crippen molar-refractivity contribution in [1.82, 2.24) is 0 Å². The van der Waals surface area contributed by atoms with Gasteiger partial charge in [-0.15, -0.1) is 0 Å². The summed E-state index contributed by atoms with van der Waals surface area (Å²) in [5.41, 5.74) is 3.26. The van der Waals surface area contributed by atoms with E-state index < -0.39 is 5.75 Å². The molecule has 0 amide bonds. The fraction of sp³-hybridized carbons (Fsp3) is 0.200. The number of hydrogen-bond acceptors (Lipinski definition) is 4. The summed E-state index contributed by atoms with van der Waals surface area (Å²) in [7, 11) is 0. The van der Waals surface area contributed by atoms with Crippen LogP contribution in [0.5, 0.6) is 23.0 Å². The van der Waals surface area contributed by atoms with Crippen LogP contribution < -0.4 is 0 Å². The number of hydrogen-bond donors (Lipinski definition) is 4. The Morgan fingerprint density at radius 1 is 0.684 bits per heavy atom. The monoisotopic (exact) mass is 260 g/mol. The zero-order valence-corrected chi connectivity index (χ0v) is 11.0. The Balaban J connectivity index is 2.73. The highest BCUT2D eigenvalue weighted by molar-refractivity contribution is 5.76. The zero-order valence-electron chi connectivity index (χ0n) is 11.0. The number of rotatable bonds is 1. The van der Waals surface area contributed by atoms with Crippen LogP contribution in [-0.2, 0) is 0 Å². The summed E-state index contributed by atoms with van der Waals surface area (Å²) in [6.45, 7) is 5.21. The summed E-state index contributed by atoms with van der Waals surface area (Å²) < 4.78 is 0. The highest BCUT2D eigenvalue weighted by Gasteiger charge is 2.16. The normalized spacial score (nSPS) is 10.7. The molecule has 0 atom stereocenters. The quantitative estimate of drug-likeness (QED) is 0.594. The first-order valence-electron chi connectivity index (χ1n) is 5.88. The summed E-state index contributed by atoms with van der Waals surface area (Å²) in [5.74, 6) is -0.998. The van der Waals surface area contributed by atoms with Gasteiger partial charge < -0.3 is 20.4 Å². The number of phenols is 4. The molecule has 0 heterocycles. The van der Waals surface area contributed by atoms with E-state index in [1.165, 1.54) is 6.07 Å². The van der Waals surface area contributed by atoms with Gasteiger partial charge in [-0.3, -0.25) is 0 Å². The van der Waals surface area contributed by atoms with E-state index in [1.807, 2.05) is 0 Å². The van der Waals surface area contributed by atoms with Gasteiger partial charge in [-0.05, 0) is 61.2 Å². The van der Waals surface area contributed by atoms with Gasteiger partial charge in [0.1, 0.15) is 5.75 Å². The fourth-order valence-corrected chi connectivity index (χ4v) is 2.15. The van der Waals surface area contributed by atoms with Crippen LogP contribution >= 0.6 is 0 Å². The minimum Gasteiger partial charge on any atom is -0.507 e. The second kappa shape index (κ2) is 4.39. The largest absolute Gasteiger partial charge is 0.507 e. The van der Waals surface area contributed by atoms with Gasteiger partial charge in [-0.2, -0.15) is 0 Å². The van der Waals surface area contributed by atoms with Crippen molar-refractivity contribution in [2.45, 2.75) is 20.8 Å². The van der Waals surface area contributed by atoms with Crippen LogP contribution in [0.15, 0.2) is 18.2 Å². The van der Waals surface area contributed by atoms with E-state index in [-0.39, 0.29) is 17.2 Å². The molecule has 0 aliphatic rings. The molecule has 4 nitrogen and oxygen atoms in total. The first kappa shape index (κ1) is 13.1. The van der Waals surface area contributed by atoms with Gasteiger partial charge >= 0.3 is 0 Å². The van der Waals surface area contributed by atoms with E-state index in [9.17, 15) is 20.4 Å². The lowest BCUT2D eigenvalue weighted by Crippen LogP contribution is -1.89. The van der Waals surface area contributed by atoms with E-state index in [0.29, 0.717) is 22.3 Å². The lowest BCUT2D eigenvalue weighted by molar-refractivity contribution is 0.366. The average Bonchev–Trinajstić information content (AvgIpc) is 2.37. The second-order valence-electron chi connectivity index (χ2n) is 4.72. The van der Waals surface area contributed by atoms with Crippen LogP contribution in [0.25, 0.3) is 11.1 Å². The first-order chi connectivity index (χ1) is 8.82. The van der Waals surface area contributed by atoms with Crippen molar-refractivity contribution >= 4 is 0 Å². The van der Waals surface area contributed by atoms with Crippen LogP contribution in [-0.4, -0.2) is 20.4 Å². The van der Waals surface area contributed by atoms with E-state index in [2.05, 4.69) is 0 Å². The predicted octanol–water partition coefficient (Wildman–Crippen LogP) is 3.10. The molecule has 0 aliphatic carbocycles. The summed E-state index contributed by atoms with van der Waals surface area (Å²) in [4.78, 5) is 0. The molecule has 2 aromatic rings. The zero-order chi connectivity index (χ0) is 14.3. The Bertz CT molecular complexity index is 637. The van der Waals surface area contributed by atoms with Gasteiger partial charge in [0, 0.05) is 5.56 Å². The average molecular weight is 260 g/mol. The van der Waals surface area contributed by atoms with Gasteiger partial charge in [0.15, 0.2) is 11.5 Å². The molecule has 2 rings (SSSR count). The Morgan fingerprint density at radius 2 is 1.21 bits per heavy atom. The molecular formula is C15H16O4. The molecule has 19 heavy (non-hydrogen) atoms. The van der Waals surface area contributed by atoms with E-state index in [4.69, 9.17) is 0 Å². The lowest BCUT2D eigenvalue weighted by atomic mass is 9.95. The third-order valence-electron chi connectivity index (χ3n) is 3.31. The molecule has 0 bridgehead atoms. The molecule has 0 fully saturated rings. The maximum absolute atomic E-state index is 9.76. The van der Waals surface area contributed by atoms with Crippen LogP contribution in [0.1, 0.15) is 16.7 Å². The van der Waals surface area contributed by atoms with Gasteiger partial charge in [0.2, 0.25) is 5.75 Å². The molecule has 0 unspecified atom stereocenters. The highest BCUT2D eigenvalue weighted by atomic mass is 16.3. The molecule has 4 N–H and O–H groups in total. The Labute approximate surface area is 111 Å². The van der Waals surface area contributed by atoms with Crippen molar-refractivity contribution < 1.29 is 20.4 Å². The predicted molar refractivity (Wildman–Crippen MR) is 72.7 cm³/mol. The maximum atomic E-state index is 9.76. The number of aryl methyl sites for hydroxylation is 2. The van der Waals surface area contributed by atoms with Crippen molar-refractivity contribution in [2.24, 2.45) is 0 Å². The molecule has 4 heteroatoms. The van der Waals surface area contributed by atoms with Crippen molar-refractivity contribution in [3.8, 4) is 34.1 Å². The molecule has 2 aromatic carbocycles. The Morgan fingerprint density at radius 3 is 1.74 bits per heavy atom. The highest BCUT2D eigenvalue weighted by Crippen LogP contribution is 2.43. The summed E-state index contributed by atoms with van der Waals surface area (Å²) in [6, 6.07) is 4.93. The van der Waals surface area contributed by atoms with Crippen LogP contribution in [0.4, 0.5) is 0 Å². The van der Waals surface area contributed by atoms with Gasteiger partial charge in [-0.1, -0.05) is 0 Å². The summed E-state index contributed by atoms with van der Waals surface area (Å²) in [6.07, 6.45) is 0. The number of benzene rings is 2. The van der Waals surface area contributed by atoms with E-state index in [1.54, 1.807) is 32.9 Å². The van der Waals surface area contributed by atoms with Crippen molar-refractivity contribution in [1.29, 1.82) is 0 Å². The Hall–Kier alpha value is -2.36. The molecule has 0 saturated heterocycles. The van der Waals surface area contributed by atoms with Gasteiger partial charge in [0.25, 0.3) is 0 Å². The van der Waals surface area contributed by atoms with Crippen LogP contribution in [0.3, 0.4) is 0 Å². The smallest absolute Gasteiger partial charge is 0.200 e. The standard InChI is InChI=1S/C15H16O4/c1-7-4-10(5-8(2)13(7)17)11-6-12(16)15(19)14(18)9(11)3/h4-6,16-19H,1-3H3. The van der Waals surface area contributed by atoms with Crippen LogP contribution in [0.2, 0.25) is 0 Å². The SMILES string of the molecule is Cc1cc(-c2cc(O)c(O)c(O)c2C)cc(C)c1O. The molecule has 0 aromatic heterocycles. The maximum Gasteiger partial charge on any atom is 0.200 e. The fourth-order valence-electron chi connectivity index (χ4n) is 2.15. The van der Waals surface area contributed by atoms with Gasteiger partial charge in [-0.25, -0.2) is 0 Å². The summed E-state index contributed by atoms with van der Waals surface area (Å²) in [5, 5.41) is 38.6. The van der Waals surface area contributed by atoms with Crippen molar-refractivity contribution in [3.05, 3.63) is 34.9 Å². The molecule has 100 valence electrons.